The monoisotopic (exact) mass is 345 g/mol. The topological polar surface area (TPSA) is 140 Å². The van der Waals surface area contributed by atoms with Gasteiger partial charge in [-0.25, -0.2) is 14.6 Å². The summed E-state index contributed by atoms with van der Waals surface area (Å²) in [5.74, 6) is 0.236. The van der Waals surface area contributed by atoms with Gasteiger partial charge in [0, 0.05) is 0 Å². The molecule has 1 aliphatic heterocycles. The molecular weight excluding hydrogens is 334 g/mol. The van der Waals surface area contributed by atoms with Crippen LogP contribution < -0.4 is 5.73 Å². The number of anilines is 1. The van der Waals surface area contributed by atoms with Gasteiger partial charge >= 0.3 is 0 Å². The number of nitrogens with two attached hydrogens (primary N) is 1. The fourth-order valence-corrected chi connectivity index (χ4v) is 2.76. The molecule has 0 saturated carbocycles. The van der Waals surface area contributed by atoms with E-state index in [2.05, 4.69) is 31.0 Å². The normalized spacial score (nSPS) is 30.2. The summed E-state index contributed by atoms with van der Waals surface area (Å²) < 4.78 is 7.12. The van der Waals surface area contributed by atoms with Crippen LogP contribution in [0.1, 0.15) is 6.23 Å². The number of rotatable bonds is 2. The average molecular weight is 346 g/mol. The lowest BCUT2D eigenvalue weighted by Crippen LogP contribution is -2.33. The molecule has 1 aliphatic rings. The molecule has 0 radical (unpaired) electrons. The Morgan fingerprint density at radius 3 is 2.75 bits per heavy atom. The van der Waals surface area contributed by atoms with Crippen molar-refractivity contribution in [1.29, 1.82) is 0 Å². The highest BCUT2D eigenvalue weighted by atomic mass is 79.9. The highest BCUT2D eigenvalue weighted by Gasteiger charge is 2.44. The van der Waals surface area contributed by atoms with Crippen molar-refractivity contribution in [1.82, 2.24) is 19.7 Å². The highest BCUT2D eigenvalue weighted by Crippen LogP contribution is 2.34. The van der Waals surface area contributed by atoms with Crippen molar-refractivity contribution in [3.8, 4) is 0 Å². The molecule has 20 heavy (non-hydrogen) atoms. The number of hydrogen-bond donors (Lipinski definition) is 4. The zero-order valence-electron chi connectivity index (χ0n) is 10.1. The molecule has 2 aromatic rings. The second-order valence-electron chi connectivity index (χ2n) is 4.42. The van der Waals surface area contributed by atoms with E-state index in [1.165, 1.54) is 11.0 Å². The summed E-state index contributed by atoms with van der Waals surface area (Å²) in [5.41, 5.74) is 6.12. The summed E-state index contributed by atoms with van der Waals surface area (Å²) in [4.78, 5) is 7.93. The number of ether oxygens (including phenoxy) is 1. The summed E-state index contributed by atoms with van der Waals surface area (Å²) in [6.07, 6.45) is -3.03. The molecule has 1 fully saturated rings. The fraction of sp³-hybridized carbons (Fsp3) is 0.500. The number of hydrogen-bond acceptors (Lipinski definition) is 8. The predicted octanol–water partition coefficient (Wildman–Crippen LogP) is -1.22. The third-order valence-corrected chi connectivity index (χ3v) is 3.79. The number of nitrogens with zero attached hydrogens (tertiary/aromatic N) is 4. The number of nitrogen functional groups attached to an aromatic ring is 1. The standard InChI is InChI=1S/C10H12BrN5O4/c11-7-4-8(12)13-2-14-9(4)16(15-7)10-6(19)5(18)3(1-17)20-10/h2-3,5-6,10,17-19H,1H2,(H2,12,13,14)/t3-,5-,6-,10?/m1/s1. The predicted molar refractivity (Wildman–Crippen MR) is 70.4 cm³/mol. The first-order valence-electron chi connectivity index (χ1n) is 5.81. The van der Waals surface area contributed by atoms with Crippen LogP contribution in [-0.2, 0) is 4.74 Å². The molecule has 9 nitrogen and oxygen atoms in total. The molecule has 0 spiro atoms. The summed E-state index contributed by atoms with van der Waals surface area (Å²) in [7, 11) is 0. The first kappa shape index (κ1) is 13.6. The number of aliphatic hydroxyl groups excluding tert-OH is 3. The molecule has 1 unspecified atom stereocenters. The van der Waals surface area contributed by atoms with E-state index in [1.54, 1.807) is 0 Å². The second kappa shape index (κ2) is 4.90. The maximum atomic E-state index is 10.0. The van der Waals surface area contributed by atoms with Crippen LogP contribution >= 0.6 is 15.9 Å². The number of fused-ring (bicyclic) bond motifs is 1. The minimum Gasteiger partial charge on any atom is -0.394 e. The summed E-state index contributed by atoms with van der Waals surface area (Å²) in [6.45, 7) is -0.410. The van der Waals surface area contributed by atoms with Gasteiger partial charge in [-0.1, -0.05) is 0 Å². The number of halogens is 1. The molecule has 3 heterocycles. The quantitative estimate of drug-likeness (QED) is 0.531. The van der Waals surface area contributed by atoms with Gasteiger partial charge in [-0.3, -0.25) is 0 Å². The van der Waals surface area contributed by atoms with Crippen LogP contribution in [0.25, 0.3) is 11.0 Å². The van der Waals surface area contributed by atoms with Crippen molar-refractivity contribution in [3.63, 3.8) is 0 Å². The fourth-order valence-electron chi connectivity index (χ4n) is 2.21. The van der Waals surface area contributed by atoms with E-state index < -0.39 is 31.1 Å². The Morgan fingerprint density at radius 2 is 2.10 bits per heavy atom. The lowest BCUT2D eigenvalue weighted by molar-refractivity contribution is -0.0567. The van der Waals surface area contributed by atoms with E-state index in [4.69, 9.17) is 15.6 Å². The van der Waals surface area contributed by atoms with Crippen LogP contribution in [0.3, 0.4) is 0 Å². The minimum absolute atomic E-state index is 0.236. The molecule has 0 bridgehead atoms. The molecular formula is C10H12BrN5O4. The molecule has 0 aromatic carbocycles. The van der Waals surface area contributed by atoms with Crippen molar-refractivity contribution >= 4 is 32.8 Å². The van der Waals surface area contributed by atoms with E-state index in [0.29, 0.717) is 15.6 Å². The van der Waals surface area contributed by atoms with Crippen LogP contribution in [0.4, 0.5) is 5.82 Å². The molecule has 0 aliphatic carbocycles. The van der Waals surface area contributed by atoms with E-state index in [-0.39, 0.29) is 5.82 Å². The van der Waals surface area contributed by atoms with Crippen molar-refractivity contribution in [2.24, 2.45) is 0 Å². The van der Waals surface area contributed by atoms with E-state index in [1.807, 2.05) is 0 Å². The van der Waals surface area contributed by atoms with Crippen molar-refractivity contribution < 1.29 is 20.1 Å². The molecule has 3 rings (SSSR count). The molecule has 10 heteroatoms. The van der Waals surface area contributed by atoms with Crippen LogP contribution in [0.5, 0.6) is 0 Å². The molecule has 1 saturated heterocycles. The summed E-state index contributed by atoms with van der Waals surface area (Å²) >= 11 is 3.24. The number of aromatic nitrogens is 4. The Kier molecular flexibility index (Phi) is 3.34. The Balaban J connectivity index is 2.10. The third kappa shape index (κ3) is 1.88. The van der Waals surface area contributed by atoms with E-state index in [9.17, 15) is 10.2 Å². The summed E-state index contributed by atoms with van der Waals surface area (Å²) in [5, 5.41) is 33.5. The van der Waals surface area contributed by atoms with Crippen LogP contribution in [0.15, 0.2) is 10.9 Å². The molecule has 2 aromatic heterocycles. The van der Waals surface area contributed by atoms with Gasteiger partial charge in [-0.15, -0.1) is 0 Å². The van der Waals surface area contributed by atoms with Gasteiger partial charge in [0.05, 0.1) is 12.0 Å². The molecule has 108 valence electrons. The second-order valence-corrected chi connectivity index (χ2v) is 5.17. The van der Waals surface area contributed by atoms with Gasteiger partial charge in [-0.05, 0) is 15.9 Å². The lowest BCUT2D eigenvalue weighted by atomic mass is 10.1. The maximum Gasteiger partial charge on any atom is 0.181 e. The van der Waals surface area contributed by atoms with E-state index in [0.717, 1.165) is 0 Å². The lowest BCUT2D eigenvalue weighted by Gasteiger charge is -2.15. The van der Waals surface area contributed by atoms with Crippen LogP contribution in [0.2, 0.25) is 0 Å². The average Bonchev–Trinajstić information content (AvgIpc) is 2.90. The largest absolute Gasteiger partial charge is 0.394 e. The molecule has 4 atom stereocenters. The Bertz CT molecular complexity index is 650. The number of aliphatic hydroxyl groups is 3. The maximum absolute atomic E-state index is 10.0. The van der Waals surface area contributed by atoms with E-state index >= 15 is 0 Å². The van der Waals surface area contributed by atoms with Crippen molar-refractivity contribution in [2.45, 2.75) is 24.5 Å². The van der Waals surface area contributed by atoms with Gasteiger partial charge in [0.1, 0.15) is 35.1 Å². The Hall–Kier alpha value is -1.33. The first-order valence-corrected chi connectivity index (χ1v) is 6.60. The third-order valence-electron chi connectivity index (χ3n) is 3.23. The Labute approximate surface area is 121 Å². The van der Waals surface area contributed by atoms with Gasteiger partial charge in [-0.2, -0.15) is 5.10 Å². The molecule has 5 N–H and O–H groups in total. The van der Waals surface area contributed by atoms with Crippen LogP contribution in [0, 0.1) is 0 Å². The molecule has 0 amide bonds. The SMILES string of the molecule is Nc1ncnc2c1c(Br)nn2C1O[C@H](CO)[C@@H](O)[C@H]1O. The van der Waals surface area contributed by atoms with Crippen molar-refractivity contribution in [3.05, 3.63) is 10.9 Å². The van der Waals surface area contributed by atoms with Gasteiger partial charge in [0.15, 0.2) is 11.9 Å². The van der Waals surface area contributed by atoms with Gasteiger partial charge < -0.3 is 25.8 Å². The summed E-state index contributed by atoms with van der Waals surface area (Å²) in [6, 6.07) is 0. The van der Waals surface area contributed by atoms with Crippen LogP contribution in [-0.4, -0.2) is 60.0 Å². The Morgan fingerprint density at radius 1 is 1.35 bits per heavy atom. The minimum atomic E-state index is -1.24. The zero-order chi connectivity index (χ0) is 14.4. The first-order chi connectivity index (χ1) is 9.54. The smallest absolute Gasteiger partial charge is 0.181 e. The van der Waals surface area contributed by atoms with Gasteiger partial charge in [0.25, 0.3) is 0 Å². The van der Waals surface area contributed by atoms with Gasteiger partial charge in [0.2, 0.25) is 0 Å². The van der Waals surface area contributed by atoms with Crippen molar-refractivity contribution in [2.75, 3.05) is 12.3 Å². The zero-order valence-corrected chi connectivity index (χ0v) is 11.7. The highest BCUT2D eigenvalue weighted by molar-refractivity contribution is 9.10.